The van der Waals surface area contributed by atoms with E-state index in [9.17, 15) is 0 Å². The minimum absolute atomic E-state index is 0.370. The van der Waals surface area contributed by atoms with Crippen LogP contribution in [0.3, 0.4) is 0 Å². The molecule has 0 bridgehead atoms. The number of hydrogen-bond acceptors (Lipinski definition) is 2. The van der Waals surface area contributed by atoms with E-state index in [4.69, 9.17) is 5.26 Å². The smallest absolute Gasteiger partial charge is 0.109 e. The van der Waals surface area contributed by atoms with Gasteiger partial charge in [-0.2, -0.15) is 5.26 Å². The first-order chi connectivity index (χ1) is 6.77. The monoisotopic (exact) mass is 191 g/mol. The van der Waals surface area contributed by atoms with Gasteiger partial charge in [0.15, 0.2) is 0 Å². The minimum Gasteiger partial charge on any atom is -0.340 e. The van der Waals surface area contributed by atoms with E-state index in [2.05, 4.69) is 31.3 Å². The Bertz CT molecular complexity index is 309. The molecule has 0 aliphatic heterocycles. The van der Waals surface area contributed by atoms with Crippen molar-refractivity contribution in [2.45, 2.75) is 32.9 Å². The topological polar surface area (TPSA) is 40.8 Å². The Hall–Kier alpha value is -1.27. The summed E-state index contributed by atoms with van der Waals surface area (Å²) < 4.78 is 1.90. The molecule has 0 saturated heterocycles. The predicted octanol–water partition coefficient (Wildman–Crippen LogP) is 2.07. The number of hydrogen-bond donors (Lipinski definition) is 1. The molecule has 14 heavy (non-hydrogen) atoms. The zero-order valence-corrected chi connectivity index (χ0v) is 8.83. The minimum atomic E-state index is 0.370. The average Bonchev–Trinajstić information content (AvgIpc) is 2.63. The van der Waals surface area contributed by atoms with Gasteiger partial charge in [-0.05, 0) is 31.5 Å². The van der Waals surface area contributed by atoms with Gasteiger partial charge in [0.2, 0.25) is 0 Å². The second-order valence-electron chi connectivity index (χ2n) is 3.45. The third kappa shape index (κ3) is 2.90. The molecule has 0 saturated carbocycles. The molecule has 1 aromatic rings. The summed E-state index contributed by atoms with van der Waals surface area (Å²) in [7, 11) is 0. The highest BCUT2D eigenvalue weighted by Gasteiger charge is 2.04. The van der Waals surface area contributed by atoms with E-state index >= 15 is 0 Å². The molecule has 1 atom stereocenters. The van der Waals surface area contributed by atoms with Gasteiger partial charge in [-0.1, -0.05) is 6.92 Å². The van der Waals surface area contributed by atoms with Crippen molar-refractivity contribution in [3.63, 3.8) is 0 Å². The number of rotatable bonds is 5. The fourth-order valence-electron chi connectivity index (χ4n) is 1.37. The normalized spacial score (nSPS) is 12.4. The van der Waals surface area contributed by atoms with Gasteiger partial charge in [-0.25, -0.2) is 0 Å². The van der Waals surface area contributed by atoms with Crippen molar-refractivity contribution in [3.8, 4) is 6.07 Å². The van der Waals surface area contributed by atoms with Crippen molar-refractivity contribution in [2.24, 2.45) is 0 Å². The maximum Gasteiger partial charge on any atom is 0.109 e. The molecular formula is C11H17N3. The van der Waals surface area contributed by atoms with E-state index in [-0.39, 0.29) is 0 Å². The van der Waals surface area contributed by atoms with Crippen LogP contribution in [0.2, 0.25) is 0 Å². The largest absolute Gasteiger partial charge is 0.340 e. The second-order valence-corrected chi connectivity index (χ2v) is 3.45. The molecule has 0 amide bonds. The van der Waals surface area contributed by atoms with E-state index < -0.39 is 0 Å². The molecule has 1 N–H and O–H groups in total. The van der Waals surface area contributed by atoms with Crippen LogP contribution < -0.4 is 5.32 Å². The second kappa shape index (κ2) is 5.46. The highest BCUT2D eigenvalue weighted by molar-refractivity contribution is 5.15. The lowest BCUT2D eigenvalue weighted by Crippen LogP contribution is -2.18. The molecule has 0 spiro atoms. The zero-order chi connectivity index (χ0) is 10.4. The average molecular weight is 191 g/mol. The number of aromatic nitrogens is 1. The molecule has 0 fully saturated rings. The van der Waals surface area contributed by atoms with Crippen molar-refractivity contribution < 1.29 is 0 Å². The van der Waals surface area contributed by atoms with E-state index in [0.717, 1.165) is 13.0 Å². The van der Waals surface area contributed by atoms with Gasteiger partial charge in [0, 0.05) is 18.4 Å². The number of nitrogens with zero attached hydrogens (tertiary/aromatic N) is 2. The van der Waals surface area contributed by atoms with Gasteiger partial charge in [0.25, 0.3) is 0 Å². The lowest BCUT2D eigenvalue weighted by Gasteiger charge is -2.10. The summed E-state index contributed by atoms with van der Waals surface area (Å²) in [5.41, 5.74) is 1.24. The third-order valence-corrected chi connectivity index (χ3v) is 2.23. The van der Waals surface area contributed by atoms with E-state index in [1.807, 2.05) is 17.0 Å². The summed E-state index contributed by atoms with van der Waals surface area (Å²) in [5.74, 6) is 0. The summed E-state index contributed by atoms with van der Waals surface area (Å²) in [5, 5.41) is 11.9. The van der Waals surface area contributed by atoms with Crippen molar-refractivity contribution in [2.75, 3.05) is 6.54 Å². The quantitative estimate of drug-likeness (QED) is 0.774. The van der Waals surface area contributed by atoms with E-state index in [1.54, 1.807) is 0 Å². The first kappa shape index (κ1) is 10.8. The molecule has 0 aromatic carbocycles. The zero-order valence-electron chi connectivity index (χ0n) is 8.83. The van der Waals surface area contributed by atoms with Crippen LogP contribution in [0, 0.1) is 11.3 Å². The number of nitriles is 1. The van der Waals surface area contributed by atoms with Gasteiger partial charge in [-0.15, -0.1) is 0 Å². The van der Waals surface area contributed by atoms with Gasteiger partial charge >= 0.3 is 0 Å². The Balaban J connectivity index is 2.53. The Labute approximate surface area is 85.3 Å². The van der Waals surface area contributed by atoms with Gasteiger partial charge in [-0.3, -0.25) is 0 Å². The van der Waals surface area contributed by atoms with Crippen LogP contribution in [0.15, 0.2) is 18.5 Å². The van der Waals surface area contributed by atoms with Crippen LogP contribution >= 0.6 is 0 Å². The van der Waals surface area contributed by atoms with Gasteiger partial charge < -0.3 is 9.88 Å². The highest BCUT2D eigenvalue weighted by atomic mass is 15.0. The molecule has 76 valence electrons. The lowest BCUT2D eigenvalue weighted by atomic mass is 10.2. The third-order valence-electron chi connectivity index (χ3n) is 2.23. The molecule has 1 heterocycles. The first-order valence-electron chi connectivity index (χ1n) is 5.04. The van der Waals surface area contributed by atoms with Crippen LogP contribution in [0.4, 0.5) is 0 Å². The molecule has 1 aromatic heterocycles. The van der Waals surface area contributed by atoms with Crippen molar-refractivity contribution in [3.05, 3.63) is 24.0 Å². The molecule has 0 radical (unpaired) electrons. The van der Waals surface area contributed by atoms with Crippen LogP contribution in [-0.4, -0.2) is 11.1 Å². The van der Waals surface area contributed by atoms with Gasteiger partial charge in [0.1, 0.15) is 6.54 Å². The first-order valence-corrected chi connectivity index (χ1v) is 5.04. The lowest BCUT2D eigenvalue weighted by molar-refractivity contribution is 0.570. The molecule has 1 unspecified atom stereocenters. The Morgan fingerprint density at radius 3 is 3.07 bits per heavy atom. The molecule has 1 rings (SSSR count). The summed E-state index contributed by atoms with van der Waals surface area (Å²) in [6.45, 7) is 5.76. The van der Waals surface area contributed by atoms with E-state index in [0.29, 0.717) is 12.6 Å². The standard InChI is InChI=1S/C11H17N3/c1-3-6-13-10(2)11-4-7-14(9-11)8-5-12/h4,7,9-10,13H,3,6,8H2,1-2H3. The van der Waals surface area contributed by atoms with Crippen molar-refractivity contribution in [1.29, 1.82) is 5.26 Å². The van der Waals surface area contributed by atoms with Crippen molar-refractivity contribution in [1.82, 2.24) is 9.88 Å². The Morgan fingerprint density at radius 2 is 2.43 bits per heavy atom. The Kier molecular flexibility index (Phi) is 4.21. The van der Waals surface area contributed by atoms with Crippen LogP contribution in [0.25, 0.3) is 0 Å². The Morgan fingerprint density at radius 1 is 1.64 bits per heavy atom. The van der Waals surface area contributed by atoms with Crippen molar-refractivity contribution >= 4 is 0 Å². The van der Waals surface area contributed by atoms with Gasteiger partial charge in [0.05, 0.1) is 6.07 Å². The summed E-state index contributed by atoms with van der Waals surface area (Å²) >= 11 is 0. The summed E-state index contributed by atoms with van der Waals surface area (Å²) in [6.07, 6.45) is 5.11. The number of nitrogens with one attached hydrogen (secondary N) is 1. The predicted molar refractivity (Wildman–Crippen MR) is 56.8 cm³/mol. The molecular weight excluding hydrogens is 174 g/mol. The maximum atomic E-state index is 8.52. The molecule has 0 aliphatic carbocycles. The fraction of sp³-hybridized carbons (Fsp3) is 0.545. The molecule has 3 nitrogen and oxygen atoms in total. The summed E-state index contributed by atoms with van der Waals surface area (Å²) in [4.78, 5) is 0. The molecule has 3 heteroatoms. The fourth-order valence-corrected chi connectivity index (χ4v) is 1.37. The molecule has 0 aliphatic rings. The SMILES string of the molecule is CCCNC(C)c1ccn(CC#N)c1. The van der Waals surface area contributed by atoms with E-state index in [1.165, 1.54) is 5.56 Å². The highest BCUT2D eigenvalue weighted by Crippen LogP contribution is 2.12. The van der Waals surface area contributed by atoms with Crippen LogP contribution in [0.1, 0.15) is 31.9 Å². The maximum absolute atomic E-state index is 8.52. The summed E-state index contributed by atoms with van der Waals surface area (Å²) in [6, 6.07) is 4.55. The van der Waals surface area contributed by atoms with Crippen LogP contribution in [-0.2, 0) is 6.54 Å². The van der Waals surface area contributed by atoms with Crippen LogP contribution in [0.5, 0.6) is 0 Å².